The summed E-state index contributed by atoms with van der Waals surface area (Å²) in [5, 5.41) is 58.6. The molecule has 49 heteroatoms. The Labute approximate surface area is 604 Å². The third-order valence-electron chi connectivity index (χ3n) is 9.99. The Morgan fingerprint density at radius 2 is 0.717 bits per heavy atom. The molecule has 38 nitrogen and oxygen atoms in total. The minimum Gasteiger partial charge on any atom is -0.399 e. The summed E-state index contributed by atoms with van der Waals surface area (Å²) in [7, 11) is -30.4. The maximum atomic E-state index is 11.6. The van der Waals surface area contributed by atoms with Gasteiger partial charge in [0.25, 0.3) is 37.3 Å². The van der Waals surface area contributed by atoms with Gasteiger partial charge >= 0.3 is 0 Å². The van der Waals surface area contributed by atoms with Crippen molar-refractivity contribution in [2.75, 3.05) is 47.0 Å². The number of nitrogens with one attached hydrogen (secondary N) is 1. The van der Waals surface area contributed by atoms with Gasteiger partial charge < -0.3 is 48.8 Å². The second kappa shape index (κ2) is 43.3. The smallest absolute Gasteiger partial charge is 0.270 e. The van der Waals surface area contributed by atoms with Crippen molar-refractivity contribution in [2.24, 2.45) is 31.4 Å². The van der Waals surface area contributed by atoms with Crippen LogP contribution >= 0.6 is 11.6 Å². The van der Waals surface area contributed by atoms with E-state index in [0.29, 0.717) is 36.9 Å². The van der Waals surface area contributed by atoms with E-state index in [1.165, 1.54) is 54.1 Å². The third kappa shape index (κ3) is 43.7. The molecule has 0 bridgehead atoms. The molecular formula is C50H69ClN14O24Pd2S8-2. The number of anilines is 5. The number of benzene rings is 7. The van der Waals surface area contributed by atoms with Gasteiger partial charge in [-0.2, -0.15) is 16.8 Å². The number of sulfonamides is 5. The molecule has 0 heterocycles. The Bertz CT molecular complexity index is 4680. The third-order valence-corrected chi connectivity index (χ3v) is 16.1. The first-order valence-electron chi connectivity index (χ1n) is 24.4. The van der Waals surface area contributed by atoms with Crippen LogP contribution in [0.4, 0.5) is 45.5 Å². The van der Waals surface area contributed by atoms with Crippen LogP contribution in [0.2, 0.25) is 5.02 Å². The van der Waals surface area contributed by atoms with E-state index >= 15 is 0 Å². The minimum atomic E-state index is -4.06. The van der Waals surface area contributed by atoms with E-state index in [9.17, 15) is 97.7 Å². The summed E-state index contributed by atoms with van der Waals surface area (Å²) in [5.74, 6) is -0.254. The van der Waals surface area contributed by atoms with Crippen molar-refractivity contribution in [1.82, 2.24) is 0 Å². The van der Waals surface area contributed by atoms with Gasteiger partial charge in [0.05, 0.1) is 60.8 Å². The molecule has 0 atom stereocenters. The van der Waals surface area contributed by atoms with Crippen LogP contribution in [0.5, 0.6) is 0 Å². The van der Waals surface area contributed by atoms with E-state index in [2.05, 4.69) is 5.32 Å². The second-order valence-corrected chi connectivity index (χ2v) is 31.4. The van der Waals surface area contributed by atoms with E-state index < -0.39 is 105 Å². The molecule has 0 aromatic heterocycles. The van der Waals surface area contributed by atoms with Crippen LogP contribution < -0.4 is 59.7 Å². The van der Waals surface area contributed by atoms with Crippen LogP contribution in [0.1, 0.15) is 16.7 Å². The quantitative estimate of drug-likeness (QED) is 0.0186. The fourth-order valence-electron chi connectivity index (χ4n) is 6.13. The first kappa shape index (κ1) is 100. The fraction of sp³-hybridized carbons (Fsp3) is 0.120. The van der Waals surface area contributed by atoms with E-state index in [1.54, 1.807) is 0 Å². The molecule has 23 N–H and O–H groups in total. The van der Waals surface area contributed by atoms with Crippen LogP contribution in [0, 0.1) is 45.2 Å². The van der Waals surface area contributed by atoms with Crippen LogP contribution in [0.15, 0.2) is 176 Å². The molecule has 0 radical (unpaired) electrons. The number of nitro benzene ring substituents is 3. The topological polar surface area (TPSA) is 715 Å². The molecule has 99 heavy (non-hydrogen) atoms. The number of nitrogen functional groups attached to an aromatic ring is 4. The van der Waals surface area contributed by atoms with Crippen LogP contribution in [-0.4, -0.2) is 110 Å². The van der Waals surface area contributed by atoms with Gasteiger partial charge in [0.2, 0.25) is 50.1 Å². The van der Waals surface area contributed by atoms with Crippen molar-refractivity contribution in [3.63, 3.8) is 0 Å². The Morgan fingerprint density at radius 1 is 0.414 bits per heavy atom. The number of hydrogen-bond donors (Lipinski definition) is 13. The van der Waals surface area contributed by atoms with Crippen LogP contribution in [0.25, 0.3) is 0 Å². The molecule has 0 aliphatic heterocycles. The normalized spacial score (nSPS) is 10.9. The number of rotatable bonds is 14. The number of halogens is 1. The van der Waals surface area contributed by atoms with Crippen molar-refractivity contribution in [3.8, 4) is 0 Å². The zero-order valence-corrected chi connectivity index (χ0v) is 62.2. The molecule has 7 aromatic carbocycles. The largest absolute Gasteiger partial charge is 0.399 e. The number of sulfone groups is 1. The number of nitro groups is 3. The predicted octanol–water partition coefficient (Wildman–Crippen LogP) is 2.58. The summed E-state index contributed by atoms with van der Waals surface area (Å²) < 4.78 is 184. The van der Waals surface area contributed by atoms with Gasteiger partial charge in [-0.05, 0) is 65.2 Å². The standard InChI is InChI=1S/C13H13N3O4S.C8H12N2O4S2.C7H9N.C6H5ClN2O4S.C6H7N3O4S.C6H9N3O2S.2CH4O3S.2CH3.2Pd/c14-21(19,20)13-8-11(16(17)18)6-7-12(13)15-9-10-4-2-1-3-5-10;1-15(11,12)5-6-2-3-7(9)8(4-6)16(10,13)14;8-6-7-4-2-1-3-5-7;2*7-5-2-1-4(9(10)11)3-6(5)14(8,12)13;7-4-1-2-5(8)6(3-4)12(9,10)11;2*1-5(2,3)4;;;;/h1-8,15H,9H2,(H2,14,19,20);2-4H,5,9H2,1H3,(H2,10,13,14);1-5H,6,8H2;1-3H,(H2,8,12,13);1-3H,7H2,(H2,8,12,13);1-3H,7-8H2,(H2,9,10,11);2*1H3,(H,2,3,4);2*1H3;;/q;;;;;;;;2*-1;;. The van der Waals surface area contributed by atoms with Gasteiger partial charge in [-0.15, -0.1) is 0 Å². The van der Waals surface area contributed by atoms with Gasteiger partial charge in [0, 0.05) is 102 Å². The summed E-state index contributed by atoms with van der Waals surface area (Å²) in [4.78, 5) is 27.6. The Hall–Kier alpha value is -7.37. The van der Waals surface area contributed by atoms with Gasteiger partial charge in [0.15, 0.2) is 9.84 Å². The van der Waals surface area contributed by atoms with Crippen LogP contribution in [0.3, 0.4) is 0 Å². The van der Waals surface area contributed by atoms with Crippen molar-refractivity contribution in [2.45, 2.75) is 43.3 Å². The number of hydrogen-bond acceptors (Lipinski definition) is 28. The summed E-state index contributed by atoms with van der Waals surface area (Å²) in [6, 6.07) is 37.0. The predicted molar refractivity (Wildman–Crippen MR) is 366 cm³/mol. The van der Waals surface area contributed by atoms with Gasteiger partial charge in [-0.3, -0.25) is 39.4 Å². The summed E-state index contributed by atoms with van der Waals surface area (Å²) >= 11 is 5.50. The van der Waals surface area contributed by atoms with E-state index in [0.717, 1.165) is 54.3 Å². The van der Waals surface area contributed by atoms with E-state index in [4.69, 9.17) is 75.1 Å². The maximum Gasteiger partial charge on any atom is 0.270 e. The number of nitrogens with two attached hydrogens (primary N) is 10. The summed E-state index contributed by atoms with van der Waals surface area (Å²) in [6.07, 6.45) is 2.49. The van der Waals surface area contributed by atoms with Gasteiger partial charge in [-0.25, -0.2) is 76.2 Å². The molecule has 0 spiro atoms. The van der Waals surface area contributed by atoms with Crippen LogP contribution in [-0.2, 0) is 140 Å². The Balaban J connectivity index is -0.000000349. The Morgan fingerprint density at radius 3 is 1.05 bits per heavy atom. The average molecular weight is 1760 g/mol. The van der Waals surface area contributed by atoms with E-state index in [-0.39, 0.29) is 121 Å². The molecule has 0 aliphatic carbocycles. The number of non-ortho nitro benzene ring substituents is 3. The first-order valence-corrected chi connectivity index (χ1v) is 38.3. The monoisotopic (exact) mass is 1750 g/mol. The molecule has 560 valence electrons. The van der Waals surface area contributed by atoms with Gasteiger partial charge in [-0.1, -0.05) is 78.3 Å². The minimum absolute atomic E-state index is 0. The SMILES string of the molecule is CS(=O)(=O)Cc1ccc(N)c(S(N)(=O)=O)c1.CS(=O)(=O)O.CS(=O)(=O)O.NCc1ccccc1.NS(=O)(=O)c1cc([N+](=O)[O-])ccc1Cl.NS(=O)(=O)c1cc([N+](=O)[O-])ccc1NCc1ccccc1.Nc1ccc(N)c(S(N)(=O)=O)c1.Nc1ccc([N+](=O)[O-])cc1S(N)(=O)=O.[CH3-].[CH3-].[Pd].[Pd]. The zero-order valence-electron chi connectivity index (χ0n) is 51.8. The molecule has 7 rings (SSSR count). The van der Waals surface area contributed by atoms with Crippen molar-refractivity contribution in [1.29, 1.82) is 0 Å². The maximum absolute atomic E-state index is 11.6. The first-order chi connectivity index (χ1) is 43.0. The summed E-state index contributed by atoms with van der Waals surface area (Å²) in [5.41, 5.74) is 28.7. The Kier molecular flexibility index (Phi) is 43.9. The van der Waals surface area contributed by atoms with E-state index in [1.807, 2.05) is 60.7 Å². The van der Waals surface area contributed by atoms with Crippen molar-refractivity contribution >= 4 is 137 Å². The zero-order chi connectivity index (χ0) is 74.1. The molecule has 0 aliphatic rings. The van der Waals surface area contributed by atoms with Crippen molar-refractivity contribution < 1.29 is 132 Å². The average Bonchev–Trinajstić information content (AvgIpc) is 0.844. The molecule has 0 saturated heterocycles. The molecule has 7 aromatic rings. The second-order valence-electron chi connectivity index (χ2n) is 18.2. The van der Waals surface area contributed by atoms with Crippen molar-refractivity contribution in [3.05, 3.63) is 219 Å². The molecule has 0 unspecified atom stereocenters. The number of nitrogens with zero attached hydrogens (tertiary/aromatic N) is 3. The fourth-order valence-corrected chi connectivity index (χ4v) is 10.8. The van der Waals surface area contributed by atoms with Gasteiger partial charge in [0.1, 0.15) is 24.5 Å². The molecule has 0 fully saturated rings. The molecular weight excluding hydrogens is 1690 g/mol. The summed E-state index contributed by atoms with van der Waals surface area (Å²) in [6.45, 7) is 1.02. The molecule has 0 saturated carbocycles. The number of primary sulfonamides is 5. The molecule has 0 amide bonds.